The molecule has 9 heteroatoms. The van der Waals surface area contributed by atoms with Gasteiger partial charge in [-0.15, -0.1) is 0 Å². The zero-order valence-corrected chi connectivity index (χ0v) is 22.3. The second-order valence-electron chi connectivity index (χ2n) is 9.50. The highest BCUT2D eigenvalue weighted by atomic mass is 19.1. The van der Waals surface area contributed by atoms with Gasteiger partial charge in [-0.3, -0.25) is 14.5 Å². The molecule has 3 aromatic rings. The lowest BCUT2D eigenvalue weighted by Crippen LogP contribution is -2.27. The van der Waals surface area contributed by atoms with E-state index < -0.39 is 23.3 Å². The van der Waals surface area contributed by atoms with Crippen LogP contribution in [0.1, 0.15) is 78.7 Å². The Labute approximate surface area is 222 Å². The summed E-state index contributed by atoms with van der Waals surface area (Å²) in [5.74, 6) is -2.21. The molecule has 3 rings (SSSR count). The van der Waals surface area contributed by atoms with Gasteiger partial charge in [0.1, 0.15) is 11.4 Å². The minimum absolute atomic E-state index is 0.124. The van der Waals surface area contributed by atoms with Gasteiger partial charge in [-0.2, -0.15) is 0 Å². The van der Waals surface area contributed by atoms with Crippen molar-refractivity contribution >= 4 is 34.2 Å². The summed E-state index contributed by atoms with van der Waals surface area (Å²) in [5, 5.41) is 15.6. The molecule has 204 valence electrons. The number of aromatic nitrogens is 1. The number of carboxylic acids is 1. The monoisotopic (exact) mass is 524 g/mol. The first kappa shape index (κ1) is 28.8. The number of benzene rings is 2. The Hall–Kier alpha value is -3.72. The first-order chi connectivity index (χ1) is 18.3. The van der Waals surface area contributed by atoms with Crippen molar-refractivity contribution in [3.8, 4) is 0 Å². The molecule has 0 aliphatic rings. The fourth-order valence-corrected chi connectivity index (χ4v) is 4.50. The van der Waals surface area contributed by atoms with Gasteiger partial charge in [0.2, 0.25) is 0 Å². The van der Waals surface area contributed by atoms with Crippen LogP contribution in [0.4, 0.5) is 15.8 Å². The molecule has 0 bridgehead atoms. The Bertz CT molecular complexity index is 1330. The van der Waals surface area contributed by atoms with Crippen LogP contribution in [0, 0.1) is 5.82 Å². The summed E-state index contributed by atoms with van der Waals surface area (Å²) in [7, 11) is 1.61. The lowest BCUT2D eigenvalue weighted by molar-refractivity contribution is 0.0696. The molecule has 0 aliphatic carbocycles. The second kappa shape index (κ2) is 13.7. The van der Waals surface area contributed by atoms with Crippen LogP contribution in [-0.2, 0) is 6.54 Å². The number of aromatic amines is 1. The molecule has 1 aromatic heterocycles. The maximum atomic E-state index is 14.1. The number of fused-ring (bicyclic) bond motifs is 1. The van der Waals surface area contributed by atoms with Crippen molar-refractivity contribution in [1.29, 1.82) is 0 Å². The molecule has 0 unspecified atom stereocenters. The van der Waals surface area contributed by atoms with Crippen LogP contribution >= 0.6 is 0 Å². The minimum atomic E-state index is -1.05. The number of carbonyl (C=O) groups is 2. The van der Waals surface area contributed by atoms with Crippen molar-refractivity contribution in [2.24, 2.45) is 0 Å². The number of unbranched alkanes of at least 4 members (excludes halogenated alkanes) is 4. The van der Waals surface area contributed by atoms with E-state index in [9.17, 15) is 23.9 Å². The summed E-state index contributed by atoms with van der Waals surface area (Å²) in [6, 6.07) is 8.44. The molecule has 0 saturated heterocycles. The number of pyridine rings is 1. The molecule has 38 heavy (non-hydrogen) atoms. The van der Waals surface area contributed by atoms with Crippen molar-refractivity contribution in [2.75, 3.05) is 30.8 Å². The van der Waals surface area contributed by atoms with Crippen LogP contribution in [0.2, 0.25) is 0 Å². The Morgan fingerprint density at radius 3 is 2.26 bits per heavy atom. The first-order valence-corrected chi connectivity index (χ1v) is 13.2. The number of anilines is 2. The minimum Gasteiger partial charge on any atom is -0.478 e. The fourth-order valence-electron chi connectivity index (χ4n) is 4.50. The fraction of sp³-hybridized carbons (Fsp3) is 0.414. The van der Waals surface area contributed by atoms with Crippen LogP contribution < -0.4 is 16.2 Å². The van der Waals surface area contributed by atoms with E-state index in [2.05, 4.69) is 34.4 Å². The molecule has 1 amide bonds. The van der Waals surface area contributed by atoms with E-state index in [0.29, 0.717) is 34.4 Å². The number of amides is 1. The number of nitrogens with zero attached hydrogens (tertiary/aromatic N) is 1. The number of aromatic carboxylic acids is 1. The van der Waals surface area contributed by atoms with Crippen molar-refractivity contribution in [2.45, 2.75) is 58.9 Å². The molecule has 0 saturated carbocycles. The van der Waals surface area contributed by atoms with E-state index in [1.54, 1.807) is 19.2 Å². The van der Waals surface area contributed by atoms with Crippen molar-refractivity contribution in [3.63, 3.8) is 0 Å². The van der Waals surface area contributed by atoms with Crippen LogP contribution in [-0.4, -0.2) is 47.0 Å². The third kappa shape index (κ3) is 7.41. The Morgan fingerprint density at radius 2 is 1.66 bits per heavy atom. The molecular formula is C29H37FN4O4. The number of hydrogen-bond donors (Lipinski definition) is 4. The zero-order valence-electron chi connectivity index (χ0n) is 22.3. The Kier molecular flexibility index (Phi) is 10.4. The topological polar surface area (TPSA) is 115 Å². The largest absolute Gasteiger partial charge is 0.478 e. The molecule has 1 heterocycles. The van der Waals surface area contributed by atoms with Crippen LogP contribution in [0.25, 0.3) is 10.9 Å². The summed E-state index contributed by atoms with van der Waals surface area (Å²) >= 11 is 0. The zero-order chi connectivity index (χ0) is 27.7. The number of carboxylic acid groups (broad SMARTS) is 1. The van der Waals surface area contributed by atoms with E-state index in [0.717, 1.165) is 51.6 Å². The Morgan fingerprint density at radius 1 is 0.974 bits per heavy atom. The number of nitrogens with one attached hydrogen (secondary N) is 3. The predicted molar refractivity (Wildman–Crippen MR) is 150 cm³/mol. The lowest BCUT2D eigenvalue weighted by Gasteiger charge is -2.24. The maximum Gasteiger partial charge on any atom is 0.335 e. The lowest BCUT2D eigenvalue weighted by atomic mass is 10.1. The van der Waals surface area contributed by atoms with Gasteiger partial charge in [0.15, 0.2) is 0 Å². The van der Waals surface area contributed by atoms with E-state index in [1.807, 2.05) is 0 Å². The molecule has 0 fully saturated rings. The molecular weight excluding hydrogens is 487 g/mol. The molecule has 8 nitrogen and oxygen atoms in total. The molecule has 0 radical (unpaired) electrons. The summed E-state index contributed by atoms with van der Waals surface area (Å²) in [6.45, 7) is 6.49. The summed E-state index contributed by atoms with van der Waals surface area (Å²) < 4.78 is 14.1. The van der Waals surface area contributed by atoms with Crippen LogP contribution in [0.5, 0.6) is 0 Å². The quantitative estimate of drug-likeness (QED) is 0.197. The second-order valence-corrected chi connectivity index (χ2v) is 9.50. The van der Waals surface area contributed by atoms with Gasteiger partial charge in [-0.05, 0) is 67.9 Å². The maximum absolute atomic E-state index is 14.1. The van der Waals surface area contributed by atoms with Crippen molar-refractivity contribution in [1.82, 2.24) is 9.88 Å². The average Bonchev–Trinajstić information content (AvgIpc) is 2.89. The van der Waals surface area contributed by atoms with Gasteiger partial charge in [-0.1, -0.05) is 39.5 Å². The number of rotatable bonds is 14. The van der Waals surface area contributed by atoms with Gasteiger partial charge in [0, 0.05) is 24.7 Å². The standard InChI is InChI=1S/C29H37FN4O4/c1-4-6-8-12-34(13-9-7-5-2)18-21-14-19(29(37)38)10-11-24(21)32-27(35)23-16-20-15-22(30)17-25(31-3)26(20)33-28(23)36/h10-11,14-17,31H,4-9,12-13,18H2,1-3H3,(H,32,35)(H,33,36)(H,37,38). The highest BCUT2D eigenvalue weighted by Gasteiger charge is 2.18. The highest BCUT2D eigenvalue weighted by Crippen LogP contribution is 2.24. The van der Waals surface area contributed by atoms with Crippen LogP contribution in [0.15, 0.2) is 41.2 Å². The number of halogens is 1. The molecule has 0 spiro atoms. The third-order valence-corrected chi connectivity index (χ3v) is 6.58. The van der Waals surface area contributed by atoms with Crippen molar-refractivity contribution < 1.29 is 19.1 Å². The van der Waals surface area contributed by atoms with E-state index in [4.69, 9.17) is 0 Å². The normalized spacial score (nSPS) is 11.2. The van der Waals surface area contributed by atoms with Gasteiger partial charge in [0.05, 0.1) is 16.8 Å². The van der Waals surface area contributed by atoms with Crippen LogP contribution in [0.3, 0.4) is 0 Å². The SMILES string of the molecule is CCCCCN(CCCCC)Cc1cc(C(=O)O)ccc1NC(=O)c1cc2cc(F)cc(NC)c2[nH]c1=O. The summed E-state index contributed by atoms with van der Waals surface area (Å²) in [5.41, 5.74) is 1.25. The molecule has 0 atom stereocenters. The van der Waals surface area contributed by atoms with Gasteiger partial charge in [0.25, 0.3) is 11.5 Å². The van der Waals surface area contributed by atoms with E-state index in [1.165, 1.54) is 24.3 Å². The van der Waals surface area contributed by atoms with E-state index in [-0.39, 0.29) is 11.1 Å². The summed E-state index contributed by atoms with van der Waals surface area (Å²) in [4.78, 5) is 42.7. The molecule has 2 aromatic carbocycles. The number of carbonyl (C=O) groups excluding carboxylic acids is 1. The molecule has 0 aliphatic heterocycles. The van der Waals surface area contributed by atoms with Crippen molar-refractivity contribution in [3.05, 3.63) is 69.3 Å². The Balaban J connectivity index is 1.93. The number of H-pyrrole nitrogens is 1. The van der Waals surface area contributed by atoms with Gasteiger partial charge in [-0.25, -0.2) is 9.18 Å². The smallest absolute Gasteiger partial charge is 0.335 e. The number of hydrogen-bond acceptors (Lipinski definition) is 5. The predicted octanol–water partition coefficient (Wildman–Crippen LogP) is 5.84. The highest BCUT2D eigenvalue weighted by molar-refractivity contribution is 6.07. The average molecular weight is 525 g/mol. The summed E-state index contributed by atoms with van der Waals surface area (Å²) in [6.07, 6.45) is 6.45. The first-order valence-electron chi connectivity index (χ1n) is 13.2. The van der Waals surface area contributed by atoms with Gasteiger partial charge < -0.3 is 20.7 Å². The van der Waals surface area contributed by atoms with Gasteiger partial charge >= 0.3 is 5.97 Å². The molecule has 4 N–H and O–H groups in total. The third-order valence-electron chi connectivity index (χ3n) is 6.58. The van der Waals surface area contributed by atoms with E-state index >= 15 is 0 Å².